The molecule has 2 aromatic rings. The standard InChI is InChI=1S/C17H20O2/c1-9-13-5-17(6-14(13)10(2)18-9)7-15-11(3)19-12(4)16(15)8-17/h5-8H2,1-4H3. The van der Waals surface area contributed by atoms with Crippen LogP contribution in [-0.2, 0) is 25.7 Å². The SMILES string of the molecule is Cc1oc(C)c2c1CC1(C2)Cc2c(C)oc(C)c2C1. The van der Waals surface area contributed by atoms with E-state index in [2.05, 4.69) is 27.7 Å². The molecule has 0 N–H and O–H groups in total. The van der Waals surface area contributed by atoms with E-state index in [9.17, 15) is 0 Å². The van der Waals surface area contributed by atoms with Crippen LogP contribution in [0.25, 0.3) is 0 Å². The molecule has 2 nitrogen and oxygen atoms in total. The molecule has 0 aromatic carbocycles. The first-order chi connectivity index (χ1) is 8.99. The van der Waals surface area contributed by atoms with Gasteiger partial charge in [0.15, 0.2) is 0 Å². The Kier molecular flexibility index (Phi) is 2.01. The van der Waals surface area contributed by atoms with Gasteiger partial charge in [-0.3, -0.25) is 0 Å². The van der Waals surface area contributed by atoms with Gasteiger partial charge < -0.3 is 8.83 Å². The van der Waals surface area contributed by atoms with Gasteiger partial charge >= 0.3 is 0 Å². The summed E-state index contributed by atoms with van der Waals surface area (Å²) in [5.74, 6) is 4.53. The van der Waals surface area contributed by atoms with Crippen molar-refractivity contribution in [2.75, 3.05) is 0 Å². The average molecular weight is 256 g/mol. The summed E-state index contributed by atoms with van der Waals surface area (Å²) < 4.78 is 11.6. The van der Waals surface area contributed by atoms with E-state index in [1.807, 2.05) is 0 Å². The number of hydrogen-bond donors (Lipinski definition) is 0. The first kappa shape index (κ1) is 11.4. The van der Waals surface area contributed by atoms with E-state index >= 15 is 0 Å². The van der Waals surface area contributed by atoms with E-state index in [-0.39, 0.29) is 0 Å². The first-order valence-corrected chi connectivity index (χ1v) is 7.14. The summed E-state index contributed by atoms with van der Waals surface area (Å²) in [6, 6.07) is 0. The number of furan rings is 2. The minimum Gasteiger partial charge on any atom is -0.466 e. The van der Waals surface area contributed by atoms with Crippen LogP contribution in [0.4, 0.5) is 0 Å². The molecule has 19 heavy (non-hydrogen) atoms. The van der Waals surface area contributed by atoms with Crippen LogP contribution >= 0.6 is 0 Å². The maximum atomic E-state index is 5.78. The molecule has 2 heteroatoms. The fourth-order valence-electron chi connectivity index (χ4n) is 4.36. The third-order valence-electron chi connectivity index (χ3n) is 5.25. The molecule has 0 aliphatic heterocycles. The average Bonchev–Trinajstić information content (AvgIpc) is 3.02. The normalized spacial score (nSPS) is 19.2. The van der Waals surface area contributed by atoms with Crippen molar-refractivity contribution in [3.8, 4) is 0 Å². The molecule has 1 spiro atoms. The molecular weight excluding hydrogens is 236 g/mol. The second-order valence-electron chi connectivity index (χ2n) is 6.55. The van der Waals surface area contributed by atoms with Crippen molar-refractivity contribution in [3.05, 3.63) is 45.3 Å². The van der Waals surface area contributed by atoms with Crippen LogP contribution in [0.1, 0.15) is 45.3 Å². The molecule has 0 fully saturated rings. The number of fused-ring (bicyclic) bond motifs is 2. The van der Waals surface area contributed by atoms with Gasteiger partial charge in [0.25, 0.3) is 0 Å². The quantitative estimate of drug-likeness (QED) is 0.712. The molecule has 0 atom stereocenters. The molecule has 0 radical (unpaired) electrons. The monoisotopic (exact) mass is 256 g/mol. The zero-order valence-corrected chi connectivity index (χ0v) is 12.1. The highest BCUT2D eigenvalue weighted by Crippen LogP contribution is 2.51. The summed E-state index contributed by atoms with van der Waals surface area (Å²) in [7, 11) is 0. The molecule has 2 aliphatic rings. The summed E-state index contributed by atoms with van der Waals surface area (Å²) in [5.41, 5.74) is 6.34. The molecule has 0 unspecified atom stereocenters. The Labute approximate surface area is 113 Å². The summed E-state index contributed by atoms with van der Waals surface area (Å²) >= 11 is 0. The van der Waals surface area contributed by atoms with Crippen molar-refractivity contribution in [1.29, 1.82) is 0 Å². The number of rotatable bonds is 0. The Morgan fingerprint density at radius 3 is 1.11 bits per heavy atom. The van der Waals surface area contributed by atoms with Gasteiger partial charge in [-0.1, -0.05) is 0 Å². The van der Waals surface area contributed by atoms with Crippen molar-refractivity contribution < 1.29 is 8.83 Å². The lowest BCUT2D eigenvalue weighted by atomic mass is 9.81. The van der Waals surface area contributed by atoms with E-state index in [4.69, 9.17) is 8.83 Å². The van der Waals surface area contributed by atoms with E-state index in [0.717, 1.165) is 23.0 Å². The highest BCUT2D eigenvalue weighted by atomic mass is 16.3. The molecule has 4 rings (SSSR count). The van der Waals surface area contributed by atoms with E-state index in [0.29, 0.717) is 5.41 Å². The fourth-order valence-corrected chi connectivity index (χ4v) is 4.36. The van der Waals surface area contributed by atoms with Gasteiger partial charge in [0.05, 0.1) is 0 Å². The van der Waals surface area contributed by atoms with Gasteiger partial charge in [0, 0.05) is 0 Å². The molecule has 0 amide bonds. The summed E-state index contributed by atoms with van der Waals surface area (Å²) in [4.78, 5) is 0. The fraction of sp³-hybridized carbons (Fsp3) is 0.529. The number of hydrogen-bond acceptors (Lipinski definition) is 2. The van der Waals surface area contributed by atoms with Crippen molar-refractivity contribution in [3.63, 3.8) is 0 Å². The van der Waals surface area contributed by atoms with E-state index < -0.39 is 0 Å². The van der Waals surface area contributed by atoms with Gasteiger partial charge in [0.2, 0.25) is 0 Å². The number of aryl methyl sites for hydroxylation is 4. The second kappa shape index (κ2) is 3.36. The molecule has 2 aliphatic carbocycles. The van der Waals surface area contributed by atoms with Crippen molar-refractivity contribution in [1.82, 2.24) is 0 Å². The molecule has 0 saturated carbocycles. The van der Waals surface area contributed by atoms with Crippen LogP contribution in [0, 0.1) is 33.1 Å². The highest BCUT2D eigenvalue weighted by molar-refractivity contribution is 5.46. The third kappa shape index (κ3) is 1.37. The van der Waals surface area contributed by atoms with Crippen LogP contribution in [0.5, 0.6) is 0 Å². The van der Waals surface area contributed by atoms with Crippen LogP contribution in [0.2, 0.25) is 0 Å². The minimum atomic E-state index is 0.411. The molecule has 0 bridgehead atoms. The van der Waals surface area contributed by atoms with Gasteiger partial charge in [-0.2, -0.15) is 0 Å². The maximum Gasteiger partial charge on any atom is 0.104 e. The first-order valence-electron chi connectivity index (χ1n) is 7.14. The zero-order valence-electron chi connectivity index (χ0n) is 12.1. The van der Waals surface area contributed by atoms with Crippen LogP contribution in [0.15, 0.2) is 8.83 Å². The van der Waals surface area contributed by atoms with E-state index in [1.165, 1.54) is 47.9 Å². The predicted molar refractivity (Wildman–Crippen MR) is 73.6 cm³/mol. The molecule has 0 saturated heterocycles. The summed E-state index contributed by atoms with van der Waals surface area (Å²) in [5, 5.41) is 0. The molecule has 2 heterocycles. The second-order valence-corrected chi connectivity index (χ2v) is 6.55. The Hall–Kier alpha value is -1.44. The molecule has 2 aromatic heterocycles. The van der Waals surface area contributed by atoms with Gasteiger partial charge in [0.1, 0.15) is 23.0 Å². The third-order valence-corrected chi connectivity index (χ3v) is 5.25. The Morgan fingerprint density at radius 2 is 0.842 bits per heavy atom. The van der Waals surface area contributed by atoms with Crippen molar-refractivity contribution in [2.24, 2.45) is 5.41 Å². The van der Waals surface area contributed by atoms with Crippen LogP contribution in [0.3, 0.4) is 0 Å². The summed E-state index contributed by atoms with van der Waals surface area (Å²) in [6.07, 6.45) is 4.72. The van der Waals surface area contributed by atoms with Gasteiger partial charge in [-0.25, -0.2) is 0 Å². The topological polar surface area (TPSA) is 26.3 Å². The van der Waals surface area contributed by atoms with Crippen molar-refractivity contribution >= 4 is 0 Å². The van der Waals surface area contributed by atoms with Crippen LogP contribution in [-0.4, -0.2) is 0 Å². The lowest BCUT2D eigenvalue weighted by Crippen LogP contribution is -2.22. The maximum absolute atomic E-state index is 5.78. The Bertz CT molecular complexity index is 568. The minimum absolute atomic E-state index is 0.411. The molecular formula is C17H20O2. The Balaban J connectivity index is 1.74. The zero-order chi connectivity index (χ0) is 13.4. The largest absolute Gasteiger partial charge is 0.466 e. The Morgan fingerprint density at radius 1 is 0.579 bits per heavy atom. The highest BCUT2D eigenvalue weighted by Gasteiger charge is 2.46. The lowest BCUT2D eigenvalue weighted by molar-refractivity contribution is 0.309. The smallest absolute Gasteiger partial charge is 0.104 e. The van der Waals surface area contributed by atoms with E-state index in [1.54, 1.807) is 0 Å². The van der Waals surface area contributed by atoms with Gasteiger partial charge in [-0.05, 0) is 81.0 Å². The molecule has 100 valence electrons. The lowest BCUT2D eigenvalue weighted by Gasteiger charge is -2.23. The summed E-state index contributed by atoms with van der Waals surface area (Å²) in [6.45, 7) is 8.44. The van der Waals surface area contributed by atoms with Crippen LogP contribution < -0.4 is 0 Å². The van der Waals surface area contributed by atoms with Crippen molar-refractivity contribution in [2.45, 2.75) is 53.4 Å². The van der Waals surface area contributed by atoms with Gasteiger partial charge in [-0.15, -0.1) is 0 Å². The predicted octanol–water partition coefficient (Wildman–Crippen LogP) is 3.99.